The van der Waals surface area contributed by atoms with Crippen molar-refractivity contribution in [2.45, 2.75) is 0 Å². The van der Waals surface area contributed by atoms with Gasteiger partial charge in [0.15, 0.2) is 0 Å². The second kappa shape index (κ2) is 9.94. The molecule has 0 spiro atoms. The van der Waals surface area contributed by atoms with Crippen LogP contribution in [0.5, 0.6) is 0 Å². The molecule has 0 atom stereocenters. The molecule has 0 saturated heterocycles. The van der Waals surface area contributed by atoms with Crippen molar-refractivity contribution >= 4 is 25.1 Å². The van der Waals surface area contributed by atoms with Gasteiger partial charge in [0.25, 0.3) is 0 Å². The normalized spacial score (nSPS) is 11.2. The van der Waals surface area contributed by atoms with E-state index in [1.807, 2.05) is 0 Å². The maximum absolute atomic E-state index is 4.43. The van der Waals surface area contributed by atoms with E-state index in [0.29, 0.717) is 0 Å². The van der Waals surface area contributed by atoms with Crippen molar-refractivity contribution in [3.63, 3.8) is 0 Å². The zero-order valence-electron chi connectivity index (χ0n) is 15.0. The topological polar surface area (TPSA) is 0 Å². The fourth-order valence-electron chi connectivity index (χ4n) is 3.01. The molecule has 0 aromatic heterocycles. The molecule has 2 aromatic carbocycles. The van der Waals surface area contributed by atoms with Crippen LogP contribution in [0.4, 0.5) is 0 Å². The number of halogens is 2. The van der Waals surface area contributed by atoms with Crippen LogP contribution in [0.1, 0.15) is 0 Å². The summed E-state index contributed by atoms with van der Waals surface area (Å²) in [5.74, 6) is 0. The molecule has 0 saturated carbocycles. The van der Waals surface area contributed by atoms with Crippen LogP contribution in [-0.2, 0) is 0 Å². The summed E-state index contributed by atoms with van der Waals surface area (Å²) in [6.07, 6.45) is 2.32. The fraction of sp³-hybridized carbons (Fsp3) is 0.300. The minimum absolute atomic E-state index is 0. The van der Waals surface area contributed by atoms with E-state index < -0.39 is 14.5 Å². The molecular weight excluding hydrogens is 373 g/mol. The summed E-state index contributed by atoms with van der Waals surface area (Å²) in [6.45, 7) is 14.2. The second-order valence-electron chi connectivity index (χ2n) is 7.11. The lowest BCUT2D eigenvalue weighted by molar-refractivity contribution is -0.001000. The van der Waals surface area contributed by atoms with Gasteiger partial charge in [-0.15, -0.1) is 0 Å². The fourth-order valence-corrected chi connectivity index (χ4v) is 7.97. The molecule has 0 heterocycles. The van der Waals surface area contributed by atoms with E-state index in [4.69, 9.17) is 0 Å². The third-order valence-electron chi connectivity index (χ3n) is 4.15. The van der Waals surface area contributed by atoms with Crippen LogP contribution >= 0.6 is 14.5 Å². The molecule has 0 nitrogen and oxygen atoms in total. The Balaban J connectivity index is 0.00000264. The zero-order chi connectivity index (χ0) is 16.2. The monoisotopic (exact) mass is 400 g/mol. The Morgan fingerprint density at radius 1 is 0.667 bits per heavy atom. The smallest absolute Gasteiger partial charge is 0.0937 e. The van der Waals surface area contributed by atoms with Crippen molar-refractivity contribution in [3.05, 3.63) is 72.8 Å². The summed E-state index contributed by atoms with van der Waals surface area (Å²) >= 11 is 0. The minimum atomic E-state index is -1.11. The van der Waals surface area contributed by atoms with Crippen LogP contribution in [-0.4, -0.2) is 39.0 Å². The maximum Gasteiger partial charge on any atom is 0.0937 e. The lowest BCUT2D eigenvalue weighted by atomic mass is 10.4. The average molecular weight is 401 g/mol. The van der Waals surface area contributed by atoms with Gasteiger partial charge in [-0.1, -0.05) is 43.0 Å². The molecule has 0 fully saturated rings. The molecule has 0 amide bonds. The van der Waals surface area contributed by atoms with E-state index in [1.165, 1.54) is 16.2 Å². The SMILES string of the molecule is C=C(C[P+](C)(C)c1ccccc1)C[P+](C)(C)c1ccccc1.[Cl-].[Cl-]. The number of hydrogen-bond acceptors (Lipinski definition) is 0. The number of allylic oxidation sites excluding steroid dienone is 1. The Morgan fingerprint density at radius 2 is 0.958 bits per heavy atom. The molecule has 0 aliphatic rings. The molecule has 0 aliphatic carbocycles. The van der Waals surface area contributed by atoms with Gasteiger partial charge in [0.1, 0.15) is 0 Å². The van der Waals surface area contributed by atoms with E-state index in [2.05, 4.69) is 93.9 Å². The van der Waals surface area contributed by atoms with Gasteiger partial charge in [-0.3, -0.25) is 0 Å². The van der Waals surface area contributed by atoms with E-state index in [-0.39, 0.29) is 24.8 Å². The van der Waals surface area contributed by atoms with E-state index in [9.17, 15) is 0 Å². The molecular formula is C20H28Cl2P2. The molecule has 0 bridgehead atoms. The predicted octanol–water partition coefficient (Wildman–Crippen LogP) is -1.24. The van der Waals surface area contributed by atoms with Crippen molar-refractivity contribution in [1.29, 1.82) is 0 Å². The highest BCUT2D eigenvalue weighted by Gasteiger charge is 2.34. The van der Waals surface area contributed by atoms with Crippen molar-refractivity contribution in [3.8, 4) is 0 Å². The van der Waals surface area contributed by atoms with Gasteiger partial charge in [-0.05, 0) is 29.8 Å². The van der Waals surface area contributed by atoms with Crippen LogP contribution in [0.2, 0.25) is 0 Å². The van der Waals surface area contributed by atoms with E-state index in [0.717, 1.165) is 12.3 Å². The Morgan fingerprint density at radius 3 is 1.25 bits per heavy atom. The van der Waals surface area contributed by atoms with Gasteiger partial charge >= 0.3 is 0 Å². The number of rotatable bonds is 6. The van der Waals surface area contributed by atoms with Crippen molar-refractivity contribution < 1.29 is 24.8 Å². The maximum atomic E-state index is 4.43. The van der Waals surface area contributed by atoms with Crippen LogP contribution in [0, 0.1) is 0 Å². The summed E-state index contributed by atoms with van der Waals surface area (Å²) in [5.41, 5.74) is 1.42. The molecule has 2 aromatic rings. The van der Waals surface area contributed by atoms with Crippen LogP contribution in [0.15, 0.2) is 72.8 Å². The van der Waals surface area contributed by atoms with Crippen LogP contribution in [0.25, 0.3) is 0 Å². The summed E-state index contributed by atoms with van der Waals surface area (Å²) in [4.78, 5) is 0. The van der Waals surface area contributed by atoms with Gasteiger partial charge in [0.05, 0.1) is 49.6 Å². The summed E-state index contributed by atoms with van der Waals surface area (Å²) < 4.78 is 0. The first-order valence-corrected chi connectivity index (χ1v) is 13.5. The predicted molar refractivity (Wildman–Crippen MR) is 109 cm³/mol. The Kier molecular flexibility index (Phi) is 9.78. The Bertz CT molecular complexity index is 567. The summed E-state index contributed by atoms with van der Waals surface area (Å²) in [6, 6.07) is 21.9. The van der Waals surface area contributed by atoms with Crippen molar-refractivity contribution in [2.24, 2.45) is 0 Å². The standard InChI is InChI=1S/C20H28P2.2ClH/c1-18(16-21(2,3)19-12-8-6-9-13-19)17-22(4,5)20-14-10-7-11-15-20;;/h6-15H,1,16-17H2,2-5H3;2*1H/q+2;;/p-2. The first kappa shape index (κ1) is 23.6. The second-order valence-corrected chi connectivity index (χ2v) is 15.5. The van der Waals surface area contributed by atoms with Gasteiger partial charge in [-0.25, -0.2) is 0 Å². The molecule has 24 heavy (non-hydrogen) atoms. The van der Waals surface area contributed by atoms with Gasteiger partial charge < -0.3 is 24.8 Å². The first-order chi connectivity index (χ1) is 10.3. The third kappa shape index (κ3) is 6.50. The molecule has 2 rings (SSSR count). The molecule has 0 radical (unpaired) electrons. The van der Waals surface area contributed by atoms with Crippen molar-refractivity contribution in [2.75, 3.05) is 39.0 Å². The van der Waals surface area contributed by atoms with Gasteiger partial charge in [0, 0.05) is 14.5 Å². The quantitative estimate of drug-likeness (QED) is 0.420. The van der Waals surface area contributed by atoms with Gasteiger partial charge in [0.2, 0.25) is 0 Å². The van der Waals surface area contributed by atoms with E-state index in [1.54, 1.807) is 0 Å². The molecule has 132 valence electrons. The van der Waals surface area contributed by atoms with Crippen LogP contribution in [0.3, 0.4) is 0 Å². The largest absolute Gasteiger partial charge is 1.00 e. The minimum Gasteiger partial charge on any atom is -1.00 e. The highest BCUT2D eigenvalue weighted by Crippen LogP contribution is 2.56. The number of hydrogen-bond donors (Lipinski definition) is 0. The highest BCUT2D eigenvalue weighted by atomic mass is 35.5. The Hall–Kier alpha value is -0.380. The summed E-state index contributed by atoms with van der Waals surface area (Å²) in [5, 5.41) is 3.01. The molecule has 0 N–H and O–H groups in total. The summed E-state index contributed by atoms with van der Waals surface area (Å²) in [7, 11) is -2.22. The van der Waals surface area contributed by atoms with Gasteiger partial charge in [-0.2, -0.15) is 0 Å². The number of benzene rings is 2. The average Bonchev–Trinajstić information content (AvgIpc) is 2.48. The first-order valence-electron chi connectivity index (χ1n) is 7.75. The highest BCUT2D eigenvalue weighted by molar-refractivity contribution is 7.83. The van der Waals surface area contributed by atoms with Crippen LogP contribution < -0.4 is 35.4 Å². The lowest BCUT2D eigenvalue weighted by Gasteiger charge is -2.23. The molecule has 0 unspecified atom stereocenters. The molecule has 0 aliphatic heterocycles. The van der Waals surface area contributed by atoms with Crippen molar-refractivity contribution in [1.82, 2.24) is 0 Å². The van der Waals surface area contributed by atoms with E-state index >= 15 is 0 Å². The molecule has 4 heteroatoms. The Labute approximate surface area is 161 Å². The lowest BCUT2D eigenvalue weighted by Crippen LogP contribution is -3.00. The zero-order valence-corrected chi connectivity index (χ0v) is 18.3. The third-order valence-corrected chi connectivity index (χ3v) is 10.0.